The molecule has 5 aromatic rings. The quantitative estimate of drug-likeness (QED) is 0.228. The van der Waals surface area contributed by atoms with Crippen molar-refractivity contribution in [1.82, 2.24) is 0 Å². The Labute approximate surface area is 293 Å². The van der Waals surface area contributed by atoms with Gasteiger partial charge >= 0.3 is 99.2 Å². The summed E-state index contributed by atoms with van der Waals surface area (Å²) >= 11 is 1.46. The average molecular weight is 699 g/mol. The van der Waals surface area contributed by atoms with E-state index in [-0.39, 0.29) is 35.6 Å². The minimum atomic E-state index is 0. The number of fused-ring (bicyclic) bond motifs is 3. The third-order valence-corrected chi connectivity index (χ3v) is 9.13. The molecule has 1 aliphatic carbocycles. The molecule has 0 aliphatic heterocycles. The van der Waals surface area contributed by atoms with Crippen LogP contribution in [0.25, 0.3) is 21.5 Å². The molecule has 44 heavy (non-hydrogen) atoms. The summed E-state index contributed by atoms with van der Waals surface area (Å²) in [6.07, 6.45) is 9.65. The monoisotopic (exact) mass is 696 g/mol. The standard InChI is InChI=1S/C21H25.C13H10.C7H9.2ClH.Zr/c1-20(2,3)16-7-9-18-14(12-16)11-15-13-17(21(4,5)6)8-10-19(15)18;1-3-7-12(8-4-1)11-13-9-5-2-6-10-13;1-2-7-5-3-4-6-7;;;/h7-13H,1-6H3;1-10H;3,5H,2,4H2,1H3;2*1H;/q-1;;-1;;;+2/p-2. The van der Waals surface area contributed by atoms with Crippen LogP contribution in [0.1, 0.15) is 83.6 Å². The van der Waals surface area contributed by atoms with E-state index in [0.717, 1.165) is 12.8 Å². The number of rotatable bonds is 3. The molecule has 1 aliphatic rings. The Bertz CT molecular complexity index is 1580. The molecule has 0 amide bonds. The van der Waals surface area contributed by atoms with Crippen LogP contribution in [0.5, 0.6) is 0 Å². The predicted octanol–water partition coefficient (Wildman–Crippen LogP) is 5.20. The molecule has 0 unspecified atom stereocenters. The maximum atomic E-state index is 3.21. The molecule has 0 N–H and O–H groups in total. The molecule has 228 valence electrons. The van der Waals surface area contributed by atoms with Gasteiger partial charge in [-0.05, 0) is 10.8 Å². The second-order valence-electron chi connectivity index (χ2n) is 13.0. The maximum absolute atomic E-state index is 3.21. The van der Waals surface area contributed by atoms with Gasteiger partial charge in [0, 0.05) is 0 Å². The fourth-order valence-electron chi connectivity index (χ4n) is 5.02. The summed E-state index contributed by atoms with van der Waals surface area (Å²) < 4.78 is 1.42. The molecule has 0 heterocycles. The van der Waals surface area contributed by atoms with Gasteiger partial charge in [-0.2, -0.15) is 6.08 Å². The van der Waals surface area contributed by atoms with E-state index >= 15 is 0 Å². The molecule has 5 aromatic carbocycles. The van der Waals surface area contributed by atoms with Gasteiger partial charge in [0.2, 0.25) is 0 Å². The second-order valence-corrected chi connectivity index (χ2v) is 14.2. The number of benzene rings is 4. The fraction of sp³-hybridized carbons (Fsp3) is 0.268. The van der Waals surface area contributed by atoms with Gasteiger partial charge < -0.3 is 24.8 Å². The molecule has 0 bridgehead atoms. The van der Waals surface area contributed by atoms with E-state index in [0.29, 0.717) is 0 Å². The zero-order chi connectivity index (χ0) is 30.3. The molecule has 0 nitrogen and oxygen atoms in total. The number of allylic oxidation sites excluding steroid dienone is 4. The number of hydrogen-bond acceptors (Lipinski definition) is 0. The first kappa shape index (κ1) is 37.7. The summed E-state index contributed by atoms with van der Waals surface area (Å²) in [5, 5.41) is 5.48. The number of hydrogen-bond donors (Lipinski definition) is 0. The molecule has 0 aromatic heterocycles. The van der Waals surface area contributed by atoms with Gasteiger partial charge in [-0.15, -0.1) is 46.2 Å². The molecule has 6 rings (SSSR count). The molecular weight excluding hydrogens is 655 g/mol. The molecule has 0 saturated heterocycles. The topological polar surface area (TPSA) is 0 Å². The Morgan fingerprint density at radius 3 is 1.43 bits per heavy atom. The van der Waals surface area contributed by atoms with Crippen molar-refractivity contribution in [3.63, 3.8) is 0 Å². The van der Waals surface area contributed by atoms with Crippen molar-refractivity contribution < 1.29 is 49.0 Å². The van der Waals surface area contributed by atoms with Crippen molar-refractivity contribution >= 4 is 24.8 Å². The van der Waals surface area contributed by atoms with Crippen molar-refractivity contribution in [2.24, 2.45) is 0 Å². The van der Waals surface area contributed by atoms with Crippen LogP contribution >= 0.6 is 0 Å². The van der Waals surface area contributed by atoms with Crippen LogP contribution in [-0.4, -0.2) is 3.21 Å². The first-order chi connectivity index (χ1) is 20.0. The summed E-state index contributed by atoms with van der Waals surface area (Å²) in [5.41, 5.74) is 7.24. The molecule has 0 fully saturated rings. The van der Waals surface area contributed by atoms with E-state index in [1.165, 1.54) is 76.8 Å². The van der Waals surface area contributed by atoms with Gasteiger partial charge in [-0.1, -0.05) is 90.3 Å². The van der Waals surface area contributed by atoms with Crippen molar-refractivity contribution in [3.8, 4) is 0 Å². The average Bonchev–Trinajstić information content (AvgIpc) is 3.65. The third-order valence-electron chi connectivity index (χ3n) is 7.71. The van der Waals surface area contributed by atoms with E-state index in [1.807, 2.05) is 0 Å². The van der Waals surface area contributed by atoms with Crippen LogP contribution in [0.4, 0.5) is 0 Å². The molecule has 0 radical (unpaired) electrons. The summed E-state index contributed by atoms with van der Waals surface area (Å²) in [6.45, 7) is 15.8. The Morgan fingerprint density at radius 1 is 0.682 bits per heavy atom. The van der Waals surface area contributed by atoms with Gasteiger partial charge in [0.15, 0.2) is 0 Å². The zero-order valence-corrected chi connectivity index (χ0v) is 31.1. The van der Waals surface area contributed by atoms with E-state index < -0.39 is 0 Å². The van der Waals surface area contributed by atoms with Crippen LogP contribution in [0.2, 0.25) is 0 Å². The zero-order valence-electron chi connectivity index (χ0n) is 27.1. The number of halogens is 2. The first-order valence-corrected chi connectivity index (χ1v) is 16.3. The normalized spacial score (nSPS) is 12.2. The SMILES string of the molecule is CC(C)(C)c1ccc2c(c1)[cH-]c1cc(C(C)(C)C)ccc12.CCC1=[C-]CC=C1.[Cl-].[Cl-].[Zr+2]=[C](c1ccccc1)c1ccccc1. The fourth-order valence-corrected chi connectivity index (χ4v) is 5.84. The van der Waals surface area contributed by atoms with Crippen LogP contribution in [0.3, 0.4) is 0 Å². The van der Waals surface area contributed by atoms with Crippen LogP contribution in [-0.2, 0) is 35.1 Å². The molecule has 3 heteroatoms. The first-order valence-electron chi connectivity index (χ1n) is 15.1. The van der Waals surface area contributed by atoms with Gasteiger partial charge in [-0.25, -0.2) is 11.6 Å². The minimum absolute atomic E-state index is 0. The molecule has 0 spiro atoms. The van der Waals surface area contributed by atoms with E-state index in [1.54, 1.807) is 0 Å². The second kappa shape index (κ2) is 16.8. The van der Waals surface area contributed by atoms with Gasteiger partial charge in [0.25, 0.3) is 0 Å². The molecule has 0 saturated carbocycles. The van der Waals surface area contributed by atoms with Crippen molar-refractivity contribution in [1.29, 1.82) is 0 Å². The van der Waals surface area contributed by atoms with Crippen LogP contribution < -0.4 is 24.8 Å². The van der Waals surface area contributed by atoms with E-state index in [9.17, 15) is 0 Å². The van der Waals surface area contributed by atoms with Crippen molar-refractivity contribution in [2.75, 3.05) is 0 Å². The van der Waals surface area contributed by atoms with Gasteiger partial charge in [0.1, 0.15) is 0 Å². The Morgan fingerprint density at radius 2 is 1.11 bits per heavy atom. The predicted molar refractivity (Wildman–Crippen MR) is 181 cm³/mol. The Balaban J connectivity index is 0.000000253. The summed E-state index contributed by atoms with van der Waals surface area (Å²) in [5.74, 6) is 0. The molecular formula is C41H44Cl2Zr-2. The van der Waals surface area contributed by atoms with Crippen molar-refractivity contribution in [3.05, 3.63) is 149 Å². The van der Waals surface area contributed by atoms with Gasteiger partial charge in [0.05, 0.1) is 0 Å². The Kier molecular flexibility index (Phi) is 14.4. The van der Waals surface area contributed by atoms with Gasteiger partial charge in [-0.3, -0.25) is 6.08 Å². The van der Waals surface area contributed by atoms with E-state index in [2.05, 4.69) is 170 Å². The molecule has 0 atom stereocenters. The van der Waals surface area contributed by atoms with Crippen molar-refractivity contribution in [2.45, 2.75) is 72.1 Å². The summed E-state index contributed by atoms with van der Waals surface area (Å²) in [6, 6.07) is 37.3. The summed E-state index contributed by atoms with van der Waals surface area (Å²) in [4.78, 5) is 0. The van der Waals surface area contributed by atoms with E-state index in [4.69, 9.17) is 0 Å². The Hall–Kier alpha value is -2.44. The third kappa shape index (κ3) is 10.0. The van der Waals surface area contributed by atoms with Crippen LogP contribution in [0.15, 0.2) is 121 Å². The van der Waals surface area contributed by atoms with Crippen LogP contribution in [0, 0.1) is 6.08 Å². The summed E-state index contributed by atoms with van der Waals surface area (Å²) in [7, 11) is 0.